The van der Waals surface area contributed by atoms with Gasteiger partial charge in [-0.1, -0.05) is 20.8 Å². The molecule has 84 valence electrons. The first-order valence-corrected chi connectivity index (χ1v) is 5.14. The van der Waals surface area contributed by atoms with Crippen LogP contribution in [0, 0.1) is 10.1 Å². The van der Waals surface area contributed by atoms with E-state index in [0.29, 0.717) is 0 Å². The number of aromatic nitrogens is 1. The van der Waals surface area contributed by atoms with Crippen molar-refractivity contribution in [1.29, 1.82) is 0 Å². The van der Waals surface area contributed by atoms with Gasteiger partial charge in [0.1, 0.15) is 0 Å². The molecule has 0 atom stereocenters. The van der Waals surface area contributed by atoms with Crippen molar-refractivity contribution in [3.63, 3.8) is 0 Å². The Morgan fingerprint density at radius 3 is 2.50 bits per heavy atom. The van der Waals surface area contributed by atoms with Crippen LogP contribution in [0.1, 0.15) is 26.3 Å². The highest BCUT2D eigenvalue weighted by Gasteiger charge is 2.16. The minimum Gasteiger partial charge on any atom is -0.317 e. The van der Waals surface area contributed by atoms with Crippen molar-refractivity contribution in [2.24, 2.45) is 0 Å². The third kappa shape index (κ3) is 1.78. The first-order valence-electron chi connectivity index (χ1n) is 5.14. The van der Waals surface area contributed by atoms with Gasteiger partial charge in [-0.2, -0.15) is 0 Å². The lowest BCUT2D eigenvalue weighted by atomic mass is 9.89. The Hall–Kier alpha value is -1.84. The molecule has 2 aromatic rings. The molecule has 0 saturated heterocycles. The molecule has 0 aliphatic rings. The van der Waals surface area contributed by atoms with Crippen LogP contribution in [0.5, 0.6) is 0 Å². The third-order valence-electron chi connectivity index (χ3n) is 2.65. The van der Waals surface area contributed by atoms with Crippen LogP contribution in [-0.4, -0.2) is 9.32 Å². The van der Waals surface area contributed by atoms with E-state index < -0.39 is 0 Å². The molecule has 0 aromatic carbocycles. The summed E-state index contributed by atoms with van der Waals surface area (Å²) in [7, 11) is 0. The molecule has 0 unspecified atom stereocenters. The molecule has 16 heavy (non-hydrogen) atoms. The average Bonchev–Trinajstić information content (AvgIpc) is 2.58. The summed E-state index contributed by atoms with van der Waals surface area (Å²) in [5, 5.41) is 10.6. The van der Waals surface area contributed by atoms with E-state index in [4.69, 9.17) is 0 Å². The zero-order valence-electron chi connectivity index (χ0n) is 9.60. The molecular formula is C12H14N2O2. The summed E-state index contributed by atoms with van der Waals surface area (Å²) < 4.78 is 1.80. The molecule has 2 heterocycles. The highest BCUT2D eigenvalue weighted by atomic mass is 16.6. The Kier molecular flexibility index (Phi) is 2.22. The Morgan fingerprint density at radius 1 is 1.25 bits per heavy atom. The van der Waals surface area contributed by atoms with Gasteiger partial charge in [-0.05, 0) is 23.1 Å². The van der Waals surface area contributed by atoms with E-state index >= 15 is 0 Å². The molecule has 0 amide bonds. The van der Waals surface area contributed by atoms with Crippen molar-refractivity contribution in [1.82, 2.24) is 4.40 Å². The first-order chi connectivity index (χ1) is 7.38. The van der Waals surface area contributed by atoms with Crippen LogP contribution in [0.4, 0.5) is 5.69 Å². The van der Waals surface area contributed by atoms with Gasteiger partial charge in [0.2, 0.25) is 0 Å². The van der Waals surface area contributed by atoms with Crippen LogP contribution < -0.4 is 0 Å². The number of fused-ring (bicyclic) bond motifs is 1. The fourth-order valence-electron chi connectivity index (χ4n) is 1.62. The summed E-state index contributed by atoms with van der Waals surface area (Å²) in [6.07, 6.45) is 3.49. The van der Waals surface area contributed by atoms with E-state index in [0.717, 1.165) is 5.52 Å². The molecule has 0 aliphatic heterocycles. The van der Waals surface area contributed by atoms with Crippen molar-refractivity contribution in [2.45, 2.75) is 26.2 Å². The minimum absolute atomic E-state index is 0.0563. The summed E-state index contributed by atoms with van der Waals surface area (Å²) in [4.78, 5) is 10.3. The predicted molar refractivity (Wildman–Crippen MR) is 62.8 cm³/mol. The minimum atomic E-state index is -0.379. The van der Waals surface area contributed by atoms with Gasteiger partial charge >= 0.3 is 0 Å². The molecule has 0 spiro atoms. The maximum Gasteiger partial charge on any atom is 0.285 e. The van der Waals surface area contributed by atoms with Crippen LogP contribution in [0.25, 0.3) is 5.52 Å². The lowest BCUT2D eigenvalue weighted by molar-refractivity contribution is -0.385. The number of hydrogen-bond donors (Lipinski definition) is 0. The maximum absolute atomic E-state index is 10.6. The lowest BCUT2D eigenvalue weighted by Crippen LogP contribution is -2.09. The molecule has 0 N–H and O–H groups in total. The number of rotatable bonds is 1. The molecule has 2 rings (SSSR count). The third-order valence-corrected chi connectivity index (χ3v) is 2.65. The molecule has 4 nitrogen and oxygen atoms in total. The Morgan fingerprint density at radius 2 is 1.94 bits per heavy atom. The Bertz CT molecular complexity index is 550. The highest BCUT2D eigenvalue weighted by Crippen LogP contribution is 2.25. The Balaban J connectivity index is 2.59. The van der Waals surface area contributed by atoms with Crippen molar-refractivity contribution >= 4 is 11.2 Å². The molecule has 0 bridgehead atoms. The van der Waals surface area contributed by atoms with Gasteiger partial charge < -0.3 is 4.40 Å². The van der Waals surface area contributed by atoms with Gasteiger partial charge in [-0.3, -0.25) is 10.1 Å². The van der Waals surface area contributed by atoms with Crippen LogP contribution >= 0.6 is 0 Å². The average molecular weight is 218 g/mol. The number of nitro groups is 1. The van der Waals surface area contributed by atoms with E-state index in [1.165, 1.54) is 11.6 Å². The van der Waals surface area contributed by atoms with Crippen molar-refractivity contribution in [3.05, 3.63) is 46.3 Å². The predicted octanol–water partition coefficient (Wildman–Crippen LogP) is 3.15. The van der Waals surface area contributed by atoms with Crippen LogP contribution in [-0.2, 0) is 5.41 Å². The number of pyridine rings is 1. The summed E-state index contributed by atoms with van der Waals surface area (Å²) in [5.74, 6) is 0. The number of hydrogen-bond acceptors (Lipinski definition) is 2. The van der Waals surface area contributed by atoms with Gasteiger partial charge in [0.15, 0.2) is 0 Å². The normalized spacial score (nSPS) is 11.9. The molecule has 0 radical (unpaired) electrons. The first kappa shape index (κ1) is 10.7. The van der Waals surface area contributed by atoms with Crippen LogP contribution in [0.15, 0.2) is 30.6 Å². The molecule has 0 fully saturated rings. The second-order valence-electron chi connectivity index (χ2n) is 4.96. The monoisotopic (exact) mass is 218 g/mol. The maximum atomic E-state index is 10.6. The fraction of sp³-hybridized carbons (Fsp3) is 0.333. The quantitative estimate of drug-likeness (QED) is 0.545. The van der Waals surface area contributed by atoms with Crippen molar-refractivity contribution < 1.29 is 4.92 Å². The lowest BCUT2D eigenvalue weighted by Gasteiger charge is -2.15. The van der Waals surface area contributed by atoms with Crippen LogP contribution in [0.2, 0.25) is 0 Å². The topological polar surface area (TPSA) is 47.5 Å². The van der Waals surface area contributed by atoms with Crippen molar-refractivity contribution in [2.75, 3.05) is 0 Å². The molecule has 4 heteroatoms. The van der Waals surface area contributed by atoms with Crippen LogP contribution in [0.3, 0.4) is 0 Å². The second-order valence-corrected chi connectivity index (χ2v) is 4.96. The summed E-state index contributed by atoms with van der Waals surface area (Å²) in [5.41, 5.74) is 2.33. The molecule has 2 aromatic heterocycles. The van der Waals surface area contributed by atoms with E-state index in [1.54, 1.807) is 16.7 Å². The van der Waals surface area contributed by atoms with Gasteiger partial charge in [0.25, 0.3) is 5.69 Å². The molecule has 0 aliphatic carbocycles. The van der Waals surface area contributed by atoms with Crippen molar-refractivity contribution in [3.8, 4) is 0 Å². The van der Waals surface area contributed by atoms with Gasteiger partial charge in [0.05, 0.1) is 11.1 Å². The summed E-state index contributed by atoms with van der Waals surface area (Å²) >= 11 is 0. The molecule has 0 saturated carbocycles. The highest BCUT2D eigenvalue weighted by molar-refractivity contribution is 5.54. The van der Waals surface area contributed by atoms with Gasteiger partial charge in [-0.15, -0.1) is 0 Å². The van der Waals surface area contributed by atoms with Gasteiger partial charge in [-0.25, -0.2) is 0 Å². The van der Waals surface area contributed by atoms with E-state index in [1.807, 2.05) is 6.20 Å². The van der Waals surface area contributed by atoms with E-state index in [-0.39, 0.29) is 16.0 Å². The van der Waals surface area contributed by atoms with E-state index in [2.05, 4.69) is 26.8 Å². The van der Waals surface area contributed by atoms with E-state index in [9.17, 15) is 10.1 Å². The van der Waals surface area contributed by atoms with Gasteiger partial charge in [0, 0.05) is 17.8 Å². The SMILES string of the molecule is CC(C)(C)c1cc2ccc([N+](=O)[O-])cn2c1. The summed E-state index contributed by atoms with van der Waals surface area (Å²) in [6.45, 7) is 6.36. The zero-order valence-corrected chi connectivity index (χ0v) is 9.60. The standard InChI is InChI=1S/C12H14N2O2/c1-12(2,3)9-6-10-4-5-11(14(15)16)8-13(10)7-9/h4-8H,1-3H3. The second kappa shape index (κ2) is 3.33. The Labute approximate surface area is 93.7 Å². The summed E-state index contributed by atoms with van der Waals surface area (Å²) in [6, 6.07) is 5.36. The fourth-order valence-corrected chi connectivity index (χ4v) is 1.62. The molecular weight excluding hydrogens is 204 g/mol. The largest absolute Gasteiger partial charge is 0.317 e. The smallest absolute Gasteiger partial charge is 0.285 e. The zero-order chi connectivity index (χ0) is 11.9. The number of nitrogens with zero attached hydrogens (tertiary/aromatic N) is 2.